The maximum absolute atomic E-state index is 12.9. The lowest BCUT2D eigenvalue weighted by Gasteiger charge is -2.10. The van der Waals surface area contributed by atoms with Crippen LogP contribution in [0.15, 0.2) is 36.7 Å². The van der Waals surface area contributed by atoms with E-state index in [4.69, 9.17) is 0 Å². The SMILES string of the molecule is Cn1ncc2c(Nc3ccc(F)cc3)c(C(=O)O)cnc21. The van der Waals surface area contributed by atoms with Gasteiger partial charge in [-0.1, -0.05) is 0 Å². The van der Waals surface area contributed by atoms with Gasteiger partial charge in [0, 0.05) is 18.9 Å². The number of rotatable bonds is 3. The third-order valence-corrected chi connectivity index (χ3v) is 3.11. The summed E-state index contributed by atoms with van der Waals surface area (Å²) in [6, 6.07) is 5.65. The Morgan fingerprint density at radius 2 is 2.00 bits per heavy atom. The standard InChI is InChI=1S/C14H11FN4O2/c1-19-13-10(7-17-19)12(11(6-16-13)14(20)21)18-9-4-2-8(15)3-5-9/h2-7H,1H3,(H,16,18)(H,20,21). The van der Waals surface area contributed by atoms with Crippen LogP contribution < -0.4 is 5.32 Å². The Hall–Kier alpha value is -2.96. The van der Waals surface area contributed by atoms with Gasteiger partial charge in [-0.2, -0.15) is 5.10 Å². The summed E-state index contributed by atoms with van der Waals surface area (Å²) in [5.74, 6) is -1.46. The first-order chi connectivity index (χ1) is 10.1. The molecule has 0 unspecified atom stereocenters. The summed E-state index contributed by atoms with van der Waals surface area (Å²) >= 11 is 0. The van der Waals surface area contributed by atoms with Crippen LogP contribution in [0.25, 0.3) is 11.0 Å². The summed E-state index contributed by atoms with van der Waals surface area (Å²) in [5.41, 5.74) is 1.55. The van der Waals surface area contributed by atoms with E-state index in [0.717, 1.165) is 0 Å². The van der Waals surface area contributed by atoms with E-state index in [1.165, 1.54) is 30.5 Å². The van der Waals surface area contributed by atoms with Crippen LogP contribution in [0.5, 0.6) is 0 Å². The highest BCUT2D eigenvalue weighted by atomic mass is 19.1. The predicted octanol–water partition coefficient (Wildman–Crippen LogP) is 2.55. The number of benzene rings is 1. The van der Waals surface area contributed by atoms with E-state index in [0.29, 0.717) is 22.4 Å². The number of hydrogen-bond acceptors (Lipinski definition) is 4. The van der Waals surface area contributed by atoms with Crippen molar-refractivity contribution in [2.24, 2.45) is 7.05 Å². The van der Waals surface area contributed by atoms with Gasteiger partial charge in [-0.05, 0) is 24.3 Å². The average Bonchev–Trinajstić information content (AvgIpc) is 2.83. The topological polar surface area (TPSA) is 80.0 Å². The Labute approximate surface area is 118 Å². The van der Waals surface area contributed by atoms with Crippen molar-refractivity contribution in [2.75, 3.05) is 5.32 Å². The summed E-state index contributed by atoms with van der Waals surface area (Å²) in [4.78, 5) is 15.4. The molecule has 1 aromatic carbocycles. The van der Waals surface area contributed by atoms with Crippen molar-refractivity contribution in [1.29, 1.82) is 0 Å². The molecule has 0 aliphatic rings. The maximum atomic E-state index is 12.9. The minimum Gasteiger partial charge on any atom is -0.478 e. The normalized spacial score (nSPS) is 10.8. The molecule has 0 amide bonds. The molecule has 0 bridgehead atoms. The monoisotopic (exact) mass is 286 g/mol. The second-order valence-corrected chi connectivity index (χ2v) is 4.49. The fourth-order valence-electron chi connectivity index (χ4n) is 2.07. The molecule has 106 valence electrons. The third kappa shape index (κ3) is 2.29. The number of fused-ring (bicyclic) bond motifs is 1. The van der Waals surface area contributed by atoms with E-state index in [1.807, 2.05) is 0 Å². The van der Waals surface area contributed by atoms with E-state index in [-0.39, 0.29) is 11.4 Å². The van der Waals surface area contributed by atoms with Crippen molar-refractivity contribution in [1.82, 2.24) is 14.8 Å². The summed E-state index contributed by atoms with van der Waals surface area (Å²) in [6.07, 6.45) is 2.82. The Morgan fingerprint density at radius 3 is 2.67 bits per heavy atom. The molecule has 7 heteroatoms. The fraction of sp³-hybridized carbons (Fsp3) is 0.0714. The van der Waals surface area contributed by atoms with Crippen molar-refractivity contribution in [3.8, 4) is 0 Å². The molecule has 0 radical (unpaired) electrons. The van der Waals surface area contributed by atoms with E-state index >= 15 is 0 Å². The number of nitrogens with zero attached hydrogens (tertiary/aromatic N) is 3. The molecule has 2 heterocycles. The van der Waals surface area contributed by atoms with Crippen LogP contribution in [0.3, 0.4) is 0 Å². The molecule has 3 rings (SSSR count). The highest BCUT2D eigenvalue weighted by molar-refractivity contribution is 6.04. The quantitative estimate of drug-likeness (QED) is 0.773. The average molecular weight is 286 g/mol. The number of aryl methyl sites for hydroxylation is 1. The van der Waals surface area contributed by atoms with E-state index in [2.05, 4.69) is 15.4 Å². The Kier molecular flexibility index (Phi) is 3.02. The van der Waals surface area contributed by atoms with Gasteiger partial charge in [0.2, 0.25) is 0 Å². The molecule has 6 nitrogen and oxygen atoms in total. The lowest BCUT2D eigenvalue weighted by atomic mass is 10.1. The zero-order valence-electron chi connectivity index (χ0n) is 11.0. The molecule has 0 fully saturated rings. The molecule has 3 aromatic rings. The number of carboxylic acid groups (broad SMARTS) is 1. The van der Waals surface area contributed by atoms with Crippen LogP contribution in [-0.4, -0.2) is 25.8 Å². The van der Waals surface area contributed by atoms with Gasteiger partial charge >= 0.3 is 5.97 Å². The molecular formula is C14H11FN4O2. The first-order valence-electron chi connectivity index (χ1n) is 6.13. The number of aromatic carboxylic acids is 1. The van der Waals surface area contributed by atoms with Crippen LogP contribution in [0.4, 0.5) is 15.8 Å². The van der Waals surface area contributed by atoms with Crippen LogP contribution in [0, 0.1) is 5.82 Å². The summed E-state index contributed by atoms with van der Waals surface area (Å²) in [7, 11) is 1.72. The van der Waals surface area contributed by atoms with Crippen LogP contribution in [0.2, 0.25) is 0 Å². The largest absolute Gasteiger partial charge is 0.478 e. The molecule has 0 saturated heterocycles. The van der Waals surface area contributed by atoms with Crippen LogP contribution >= 0.6 is 0 Å². The second-order valence-electron chi connectivity index (χ2n) is 4.49. The number of carboxylic acids is 1. The Morgan fingerprint density at radius 1 is 1.29 bits per heavy atom. The molecule has 0 atom stereocenters. The number of pyridine rings is 1. The maximum Gasteiger partial charge on any atom is 0.339 e. The summed E-state index contributed by atoms with van der Waals surface area (Å²) < 4.78 is 14.5. The van der Waals surface area contributed by atoms with Gasteiger partial charge in [-0.25, -0.2) is 14.2 Å². The van der Waals surface area contributed by atoms with E-state index in [1.54, 1.807) is 17.9 Å². The predicted molar refractivity (Wildman–Crippen MR) is 75.2 cm³/mol. The molecule has 2 N–H and O–H groups in total. The zero-order valence-corrected chi connectivity index (χ0v) is 11.0. The van der Waals surface area contributed by atoms with Gasteiger partial charge in [0.05, 0.1) is 17.3 Å². The third-order valence-electron chi connectivity index (χ3n) is 3.11. The van der Waals surface area contributed by atoms with Gasteiger partial charge < -0.3 is 10.4 Å². The number of anilines is 2. The van der Waals surface area contributed by atoms with Crippen molar-refractivity contribution in [3.05, 3.63) is 48.0 Å². The summed E-state index contributed by atoms with van der Waals surface area (Å²) in [5, 5.41) is 16.9. The van der Waals surface area contributed by atoms with Gasteiger partial charge in [-0.3, -0.25) is 4.68 Å². The summed E-state index contributed by atoms with van der Waals surface area (Å²) in [6.45, 7) is 0. The number of aromatic nitrogens is 3. The van der Waals surface area contributed by atoms with Crippen LogP contribution in [0.1, 0.15) is 10.4 Å². The number of halogens is 1. The molecular weight excluding hydrogens is 275 g/mol. The highest BCUT2D eigenvalue weighted by Crippen LogP contribution is 2.28. The van der Waals surface area contributed by atoms with Crippen molar-refractivity contribution < 1.29 is 14.3 Å². The van der Waals surface area contributed by atoms with E-state index in [9.17, 15) is 14.3 Å². The lowest BCUT2D eigenvalue weighted by Crippen LogP contribution is -2.05. The first-order valence-corrected chi connectivity index (χ1v) is 6.13. The van der Waals surface area contributed by atoms with Crippen LogP contribution in [-0.2, 0) is 7.05 Å². The van der Waals surface area contributed by atoms with Crippen molar-refractivity contribution in [3.63, 3.8) is 0 Å². The fourth-order valence-corrected chi connectivity index (χ4v) is 2.07. The molecule has 21 heavy (non-hydrogen) atoms. The first kappa shape index (κ1) is 13.0. The number of nitrogens with one attached hydrogen (secondary N) is 1. The lowest BCUT2D eigenvalue weighted by molar-refractivity contribution is 0.0697. The second kappa shape index (κ2) is 4.86. The van der Waals surface area contributed by atoms with Gasteiger partial charge in [0.1, 0.15) is 11.4 Å². The molecule has 0 aliphatic heterocycles. The minimum atomic E-state index is -1.10. The van der Waals surface area contributed by atoms with Gasteiger partial charge in [-0.15, -0.1) is 0 Å². The Bertz CT molecular complexity index is 827. The minimum absolute atomic E-state index is 0.0276. The molecule has 2 aromatic heterocycles. The number of hydrogen-bond donors (Lipinski definition) is 2. The number of carbonyl (C=O) groups is 1. The molecule has 0 saturated carbocycles. The Balaban J connectivity index is 2.16. The van der Waals surface area contributed by atoms with Gasteiger partial charge in [0.15, 0.2) is 5.65 Å². The van der Waals surface area contributed by atoms with E-state index < -0.39 is 5.97 Å². The smallest absolute Gasteiger partial charge is 0.339 e. The van der Waals surface area contributed by atoms with Crippen molar-refractivity contribution >= 4 is 28.4 Å². The van der Waals surface area contributed by atoms with Gasteiger partial charge in [0.25, 0.3) is 0 Å². The zero-order chi connectivity index (χ0) is 15.0. The van der Waals surface area contributed by atoms with Crippen molar-refractivity contribution in [2.45, 2.75) is 0 Å². The highest BCUT2D eigenvalue weighted by Gasteiger charge is 2.17. The molecule has 0 spiro atoms. The molecule has 0 aliphatic carbocycles.